The van der Waals surface area contributed by atoms with Gasteiger partial charge in [-0.1, -0.05) is 26.0 Å². The highest BCUT2D eigenvalue weighted by Crippen LogP contribution is 2.43. The van der Waals surface area contributed by atoms with Crippen molar-refractivity contribution in [2.75, 3.05) is 31.0 Å². The normalized spacial score (nSPS) is 16.8. The number of ether oxygens (including phenoxy) is 1. The molecule has 2 heterocycles. The molecule has 0 aliphatic carbocycles. The molecule has 206 valence electrons. The number of carbonyl (C=O) groups is 2. The molecule has 1 atom stereocenters. The number of aryl methyl sites for hydroxylation is 2. The van der Waals surface area contributed by atoms with E-state index in [0.717, 1.165) is 27.9 Å². The smallest absolute Gasteiger partial charge is 0.302 e. The molecule has 3 aromatic carbocycles. The number of Topliss-reactive ketones (excluding diaryl/α,β-unsaturated/α-hetero) is 1. The number of anilines is 2. The third kappa shape index (κ3) is 4.49. The zero-order chi connectivity index (χ0) is 28.9. The lowest BCUT2D eigenvalue weighted by molar-refractivity contribution is -0.132. The average molecular weight is 539 g/mol. The van der Waals surface area contributed by atoms with Crippen LogP contribution in [0.4, 0.5) is 11.6 Å². The fourth-order valence-corrected chi connectivity index (χ4v) is 5.18. The lowest BCUT2D eigenvalue weighted by Gasteiger charge is -2.24. The standard InChI is InChI=1S/C32H34N4O4/c1-17(2)23-16-21(10-13-26(23)40-7)29(37)27-28(20-8-11-22(12-9-20)35(5)6)36(31(39)30(27)38)32-33-24-14-18(3)19(4)15-25(24)34-32/h8-17,28,37H,1-7H3,(H,33,34)/b29-27+. The van der Waals surface area contributed by atoms with Gasteiger partial charge in [-0.3, -0.25) is 14.5 Å². The number of amides is 1. The monoisotopic (exact) mass is 538 g/mol. The zero-order valence-electron chi connectivity index (χ0n) is 23.9. The topological polar surface area (TPSA) is 98.8 Å². The summed E-state index contributed by atoms with van der Waals surface area (Å²) in [5, 5.41) is 11.6. The number of carbonyl (C=O) groups excluding carboxylic acids is 2. The fourth-order valence-electron chi connectivity index (χ4n) is 5.18. The van der Waals surface area contributed by atoms with Crippen LogP contribution < -0.4 is 14.5 Å². The Morgan fingerprint density at radius 1 is 1.02 bits per heavy atom. The van der Waals surface area contributed by atoms with Gasteiger partial charge in [0.1, 0.15) is 11.5 Å². The molecule has 0 saturated carbocycles. The predicted octanol–water partition coefficient (Wildman–Crippen LogP) is 6.00. The number of methoxy groups -OCH3 is 1. The van der Waals surface area contributed by atoms with Gasteiger partial charge in [0.25, 0.3) is 5.78 Å². The molecule has 2 N–H and O–H groups in total. The number of aliphatic hydroxyl groups excluding tert-OH is 1. The summed E-state index contributed by atoms with van der Waals surface area (Å²) in [4.78, 5) is 38.5. The summed E-state index contributed by atoms with van der Waals surface area (Å²) in [6.07, 6.45) is 0. The van der Waals surface area contributed by atoms with Gasteiger partial charge >= 0.3 is 5.91 Å². The number of aromatic amines is 1. The van der Waals surface area contributed by atoms with Crippen LogP contribution in [0.15, 0.2) is 60.2 Å². The third-order valence-corrected chi connectivity index (χ3v) is 7.61. The van der Waals surface area contributed by atoms with E-state index in [1.54, 1.807) is 19.2 Å². The summed E-state index contributed by atoms with van der Waals surface area (Å²) in [6, 6.07) is 15.9. The first kappa shape index (κ1) is 27.0. The number of aliphatic hydroxyl groups is 1. The van der Waals surface area contributed by atoms with Gasteiger partial charge in [-0.15, -0.1) is 0 Å². The third-order valence-electron chi connectivity index (χ3n) is 7.61. The SMILES string of the molecule is COc1ccc(/C(O)=C2\C(=O)C(=O)N(c3nc4cc(C)c(C)cc4[nH]3)C2c2ccc(N(C)C)cc2)cc1C(C)C. The molecule has 1 fully saturated rings. The van der Waals surface area contributed by atoms with Gasteiger partial charge in [-0.05, 0) is 84.5 Å². The van der Waals surface area contributed by atoms with Crippen molar-refractivity contribution in [3.05, 3.63) is 88.0 Å². The van der Waals surface area contributed by atoms with E-state index in [-0.39, 0.29) is 23.2 Å². The molecule has 1 aliphatic rings. The predicted molar refractivity (Wildman–Crippen MR) is 158 cm³/mol. The van der Waals surface area contributed by atoms with Crippen molar-refractivity contribution in [3.63, 3.8) is 0 Å². The van der Waals surface area contributed by atoms with Gasteiger partial charge in [0.15, 0.2) is 0 Å². The molecule has 1 aromatic heterocycles. The van der Waals surface area contributed by atoms with Crippen LogP contribution in [0.3, 0.4) is 0 Å². The number of hydrogen-bond acceptors (Lipinski definition) is 6. The Morgan fingerprint density at radius 3 is 2.33 bits per heavy atom. The average Bonchev–Trinajstić information content (AvgIpc) is 3.45. The number of fused-ring (bicyclic) bond motifs is 1. The van der Waals surface area contributed by atoms with E-state index >= 15 is 0 Å². The highest BCUT2D eigenvalue weighted by Gasteiger charge is 2.48. The maximum Gasteiger partial charge on any atom is 0.302 e. The van der Waals surface area contributed by atoms with Crippen LogP contribution >= 0.6 is 0 Å². The second-order valence-electron chi connectivity index (χ2n) is 10.8. The van der Waals surface area contributed by atoms with E-state index in [2.05, 4.69) is 4.98 Å². The quantitative estimate of drug-likeness (QED) is 0.177. The molecule has 4 aromatic rings. The first-order valence-electron chi connectivity index (χ1n) is 13.2. The van der Waals surface area contributed by atoms with Crippen molar-refractivity contribution in [1.82, 2.24) is 9.97 Å². The Hall–Kier alpha value is -4.59. The van der Waals surface area contributed by atoms with E-state index in [9.17, 15) is 14.7 Å². The summed E-state index contributed by atoms with van der Waals surface area (Å²) in [7, 11) is 5.48. The van der Waals surface area contributed by atoms with Gasteiger partial charge in [-0.2, -0.15) is 0 Å². The Labute approximate surface area is 233 Å². The number of ketones is 1. The molecular weight excluding hydrogens is 504 g/mol. The maximum atomic E-state index is 13.6. The lowest BCUT2D eigenvalue weighted by atomic mass is 9.93. The van der Waals surface area contributed by atoms with Gasteiger partial charge < -0.3 is 19.7 Å². The van der Waals surface area contributed by atoms with E-state index in [1.807, 2.05) is 89.2 Å². The molecule has 5 rings (SSSR count). The summed E-state index contributed by atoms with van der Waals surface area (Å²) in [5.41, 5.74) is 6.59. The van der Waals surface area contributed by atoms with Crippen molar-refractivity contribution < 1.29 is 19.4 Å². The Morgan fingerprint density at radius 2 is 1.70 bits per heavy atom. The molecular formula is C32H34N4O4. The van der Waals surface area contributed by atoms with Crippen LogP contribution in [0.5, 0.6) is 5.75 Å². The number of nitrogens with one attached hydrogen (secondary N) is 1. The molecule has 0 bridgehead atoms. The van der Waals surface area contributed by atoms with Gasteiger partial charge in [-0.25, -0.2) is 4.98 Å². The maximum absolute atomic E-state index is 13.6. The Kier molecular flexibility index (Phi) is 6.87. The molecule has 8 heteroatoms. The van der Waals surface area contributed by atoms with Crippen LogP contribution in [0.1, 0.15) is 53.6 Å². The van der Waals surface area contributed by atoms with Crippen LogP contribution in [-0.4, -0.2) is 48.0 Å². The molecule has 0 radical (unpaired) electrons. The summed E-state index contributed by atoms with van der Waals surface area (Å²) >= 11 is 0. The van der Waals surface area contributed by atoms with Crippen molar-refractivity contribution in [3.8, 4) is 5.75 Å². The van der Waals surface area contributed by atoms with Crippen LogP contribution in [0, 0.1) is 13.8 Å². The minimum Gasteiger partial charge on any atom is -0.507 e. The number of hydrogen-bond donors (Lipinski definition) is 2. The summed E-state index contributed by atoms with van der Waals surface area (Å²) < 4.78 is 5.50. The minimum atomic E-state index is -0.886. The van der Waals surface area contributed by atoms with E-state index in [4.69, 9.17) is 9.72 Å². The van der Waals surface area contributed by atoms with E-state index < -0.39 is 17.7 Å². The fraction of sp³-hybridized carbons (Fsp3) is 0.281. The number of benzene rings is 3. The largest absolute Gasteiger partial charge is 0.507 e. The number of imidazole rings is 1. The second-order valence-corrected chi connectivity index (χ2v) is 10.8. The molecule has 0 spiro atoms. The molecule has 8 nitrogen and oxygen atoms in total. The molecule has 40 heavy (non-hydrogen) atoms. The Balaban J connectivity index is 1.73. The van der Waals surface area contributed by atoms with Crippen molar-refractivity contribution >= 4 is 40.1 Å². The lowest BCUT2D eigenvalue weighted by Crippen LogP contribution is -2.30. The van der Waals surface area contributed by atoms with Crippen LogP contribution in [0.2, 0.25) is 0 Å². The van der Waals surface area contributed by atoms with Gasteiger partial charge in [0.05, 0.1) is 29.8 Å². The molecule has 1 unspecified atom stereocenters. The van der Waals surface area contributed by atoms with E-state index in [0.29, 0.717) is 22.4 Å². The van der Waals surface area contributed by atoms with Crippen molar-refractivity contribution in [2.45, 2.75) is 39.7 Å². The number of rotatable bonds is 6. The summed E-state index contributed by atoms with van der Waals surface area (Å²) in [5.74, 6) is -0.713. The summed E-state index contributed by atoms with van der Waals surface area (Å²) in [6.45, 7) is 8.06. The zero-order valence-corrected chi connectivity index (χ0v) is 23.9. The number of aromatic nitrogens is 2. The van der Waals surface area contributed by atoms with Crippen LogP contribution in [0.25, 0.3) is 16.8 Å². The van der Waals surface area contributed by atoms with Crippen LogP contribution in [-0.2, 0) is 9.59 Å². The second kappa shape index (κ2) is 10.2. The molecule has 1 amide bonds. The van der Waals surface area contributed by atoms with E-state index in [1.165, 1.54) is 4.90 Å². The molecule has 1 aliphatic heterocycles. The van der Waals surface area contributed by atoms with Gasteiger partial charge in [0.2, 0.25) is 5.95 Å². The van der Waals surface area contributed by atoms with Crippen molar-refractivity contribution in [2.24, 2.45) is 0 Å². The van der Waals surface area contributed by atoms with Crippen molar-refractivity contribution in [1.29, 1.82) is 0 Å². The first-order valence-corrected chi connectivity index (χ1v) is 13.2. The Bertz CT molecular complexity index is 1630. The highest BCUT2D eigenvalue weighted by molar-refractivity contribution is 6.51. The van der Waals surface area contributed by atoms with Gasteiger partial charge in [0, 0.05) is 25.3 Å². The highest BCUT2D eigenvalue weighted by atomic mass is 16.5. The number of nitrogens with zero attached hydrogens (tertiary/aromatic N) is 3. The minimum absolute atomic E-state index is 0.00953. The number of H-pyrrole nitrogens is 1. The molecule has 1 saturated heterocycles. The first-order chi connectivity index (χ1) is 19.0.